The number of carboxylic acid groups (broad SMARTS) is 1. The molecule has 0 heterocycles. The Kier molecular flexibility index (Phi) is 4.45. The number of nitrogens with zero attached hydrogens (tertiary/aromatic N) is 1. The molecule has 20 heavy (non-hydrogen) atoms. The number of rotatable bonds is 6. The van der Waals surface area contributed by atoms with E-state index in [2.05, 4.69) is 0 Å². The second-order valence-corrected chi connectivity index (χ2v) is 7.34. The molecule has 0 spiro atoms. The molecule has 1 aliphatic rings. The molecule has 1 saturated carbocycles. The van der Waals surface area contributed by atoms with Crippen molar-refractivity contribution < 1.29 is 18.3 Å². The predicted octanol–water partition coefficient (Wildman–Crippen LogP) is 1.73. The van der Waals surface area contributed by atoms with Crippen molar-refractivity contribution in [2.24, 2.45) is 5.92 Å². The van der Waals surface area contributed by atoms with Gasteiger partial charge in [0.05, 0.1) is 11.3 Å². The van der Waals surface area contributed by atoms with Crippen LogP contribution in [-0.2, 0) is 21.2 Å². The van der Waals surface area contributed by atoms with Crippen molar-refractivity contribution in [2.75, 3.05) is 13.6 Å². The maximum atomic E-state index is 12.4. The Bertz CT molecular complexity index is 576. The van der Waals surface area contributed by atoms with Crippen LogP contribution in [0.2, 0.25) is 0 Å². The third kappa shape index (κ3) is 3.37. The molecule has 2 rings (SSSR count). The molecule has 0 atom stereocenters. The lowest BCUT2D eigenvalue weighted by atomic mass is 9.86. The number of hydrogen-bond donors (Lipinski definition) is 1. The fraction of sp³-hybridized carbons (Fsp3) is 0.500. The summed E-state index contributed by atoms with van der Waals surface area (Å²) in [6, 6.07) is 6.06. The van der Waals surface area contributed by atoms with Crippen LogP contribution in [0.25, 0.3) is 0 Å². The van der Waals surface area contributed by atoms with E-state index in [0.29, 0.717) is 18.0 Å². The molecule has 0 amide bonds. The first kappa shape index (κ1) is 15.0. The smallest absolute Gasteiger partial charge is 0.307 e. The van der Waals surface area contributed by atoms with Gasteiger partial charge in [0, 0.05) is 13.6 Å². The third-order valence-corrected chi connectivity index (χ3v) is 5.56. The van der Waals surface area contributed by atoms with Gasteiger partial charge in [0.15, 0.2) is 0 Å². The predicted molar refractivity (Wildman–Crippen MR) is 74.9 cm³/mol. The van der Waals surface area contributed by atoms with E-state index < -0.39 is 16.0 Å². The summed E-state index contributed by atoms with van der Waals surface area (Å²) in [5.41, 5.74) is 0.595. The zero-order valence-corrected chi connectivity index (χ0v) is 12.3. The van der Waals surface area contributed by atoms with Crippen LogP contribution in [0, 0.1) is 5.92 Å². The van der Waals surface area contributed by atoms with Gasteiger partial charge in [0.2, 0.25) is 10.0 Å². The molecule has 0 aliphatic heterocycles. The van der Waals surface area contributed by atoms with Crippen LogP contribution in [-0.4, -0.2) is 37.4 Å². The van der Waals surface area contributed by atoms with E-state index in [9.17, 15) is 13.2 Å². The summed E-state index contributed by atoms with van der Waals surface area (Å²) in [6.07, 6.45) is 3.27. The van der Waals surface area contributed by atoms with E-state index in [4.69, 9.17) is 5.11 Å². The van der Waals surface area contributed by atoms with Crippen molar-refractivity contribution in [3.63, 3.8) is 0 Å². The van der Waals surface area contributed by atoms with Crippen molar-refractivity contribution in [3.05, 3.63) is 29.8 Å². The summed E-state index contributed by atoms with van der Waals surface area (Å²) < 4.78 is 26.1. The molecule has 1 aromatic carbocycles. The maximum Gasteiger partial charge on any atom is 0.307 e. The standard InChI is InChI=1S/C14H19NO4S/c1-15(10-12-3-2-4-12)20(18,19)13-7-5-11(6-8-13)9-14(16)17/h5-8,12H,2-4,9-10H2,1H3,(H,16,17). The van der Waals surface area contributed by atoms with Gasteiger partial charge in [0.25, 0.3) is 0 Å². The fourth-order valence-corrected chi connectivity index (χ4v) is 3.52. The molecule has 0 saturated heterocycles. The van der Waals surface area contributed by atoms with Crippen LogP contribution in [0.4, 0.5) is 0 Å². The van der Waals surface area contributed by atoms with Crippen LogP contribution < -0.4 is 0 Å². The monoisotopic (exact) mass is 297 g/mol. The van der Waals surface area contributed by atoms with Gasteiger partial charge in [-0.1, -0.05) is 18.6 Å². The Hall–Kier alpha value is -1.40. The summed E-state index contributed by atoms with van der Waals surface area (Å²) in [5.74, 6) is -0.455. The SMILES string of the molecule is CN(CC1CCC1)S(=O)(=O)c1ccc(CC(=O)O)cc1. The highest BCUT2D eigenvalue weighted by Crippen LogP contribution is 2.28. The Labute approximate surface area is 119 Å². The molecule has 0 radical (unpaired) electrons. The van der Waals surface area contributed by atoms with Gasteiger partial charge in [-0.15, -0.1) is 0 Å². The third-order valence-electron chi connectivity index (χ3n) is 3.73. The summed E-state index contributed by atoms with van der Waals surface area (Å²) in [5, 5.41) is 8.69. The second kappa shape index (κ2) is 5.93. The fourth-order valence-electron chi connectivity index (χ4n) is 2.27. The normalized spacial score (nSPS) is 16.1. The largest absolute Gasteiger partial charge is 0.481 e. The minimum absolute atomic E-state index is 0.0990. The summed E-state index contributed by atoms with van der Waals surface area (Å²) in [6.45, 7) is 0.555. The van der Waals surface area contributed by atoms with Crippen LogP contribution in [0.15, 0.2) is 29.2 Å². The van der Waals surface area contributed by atoms with Gasteiger partial charge in [-0.05, 0) is 36.5 Å². The van der Waals surface area contributed by atoms with Crippen LogP contribution in [0.5, 0.6) is 0 Å². The molecular weight excluding hydrogens is 278 g/mol. The Morgan fingerprint density at radius 1 is 1.30 bits per heavy atom. The van der Waals surface area contributed by atoms with Crippen molar-refractivity contribution in [1.82, 2.24) is 4.31 Å². The molecule has 1 fully saturated rings. The minimum Gasteiger partial charge on any atom is -0.481 e. The van der Waals surface area contributed by atoms with Crippen molar-refractivity contribution in [1.29, 1.82) is 0 Å². The molecule has 6 heteroatoms. The maximum absolute atomic E-state index is 12.4. The lowest BCUT2D eigenvalue weighted by molar-refractivity contribution is -0.136. The summed E-state index contributed by atoms with van der Waals surface area (Å²) in [7, 11) is -1.87. The lowest BCUT2D eigenvalue weighted by Gasteiger charge is -2.29. The van der Waals surface area contributed by atoms with Gasteiger partial charge < -0.3 is 5.11 Å². The number of carboxylic acids is 1. The molecule has 1 aromatic rings. The number of aliphatic carboxylic acids is 1. The molecule has 1 aliphatic carbocycles. The topological polar surface area (TPSA) is 74.7 Å². The molecule has 110 valence electrons. The minimum atomic E-state index is -3.47. The molecular formula is C14H19NO4S. The van der Waals surface area contributed by atoms with Gasteiger partial charge in [-0.3, -0.25) is 4.79 Å². The number of hydrogen-bond acceptors (Lipinski definition) is 3. The quantitative estimate of drug-likeness (QED) is 0.868. The highest BCUT2D eigenvalue weighted by atomic mass is 32.2. The first-order valence-corrected chi connectivity index (χ1v) is 8.10. The van der Waals surface area contributed by atoms with Crippen LogP contribution in [0.3, 0.4) is 0 Å². The Morgan fingerprint density at radius 2 is 1.90 bits per heavy atom. The van der Waals surface area contributed by atoms with E-state index >= 15 is 0 Å². The Balaban J connectivity index is 2.09. The molecule has 0 aromatic heterocycles. The van der Waals surface area contributed by atoms with E-state index in [1.165, 1.54) is 22.9 Å². The second-order valence-electron chi connectivity index (χ2n) is 5.30. The van der Waals surface area contributed by atoms with E-state index in [-0.39, 0.29) is 11.3 Å². The summed E-state index contributed by atoms with van der Waals surface area (Å²) in [4.78, 5) is 10.8. The zero-order valence-electron chi connectivity index (χ0n) is 11.4. The first-order chi connectivity index (χ1) is 9.39. The van der Waals surface area contributed by atoms with Gasteiger partial charge in [0.1, 0.15) is 0 Å². The van der Waals surface area contributed by atoms with Crippen molar-refractivity contribution in [3.8, 4) is 0 Å². The first-order valence-electron chi connectivity index (χ1n) is 6.66. The lowest BCUT2D eigenvalue weighted by Crippen LogP contribution is -2.34. The number of sulfonamides is 1. The van der Waals surface area contributed by atoms with E-state index in [1.54, 1.807) is 19.2 Å². The van der Waals surface area contributed by atoms with Crippen molar-refractivity contribution >= 4 is 16.0 Å². The molecule has 5 nitrogen and oxygen atoms in total. The number of benzene rings is 1. The average molecular weight is 297 g/mol. The van der Waals surface area contributed by atoms with E-state index in [1.807, 2.05) is 0 Å². The Morgan fingerprint density at radius 3 is 2.35 bits per heavy atom. The van der Waals surface area contributed by atoms with Gasteiger partial charge in [-0.25, -0.2) is 12.7 Å². The van der Waals surface area contributed by atoms with E-state index in [0.717, 1.165) is 12.8 Å². The molecule has 0 unspecified atom stereocenters. The highest BCUT2D eigenvalue weighted by molar-refractivity contribution is 7.89. The highest BCUT2D eigenvalue weighted by Gasteiger charge is 2.26. The van der Waals surface area contributed by atoms with Crippen molar-refractivity contribution in [2.45, 2.75) is 30.6 Å². The number of carbonyl (C=O) groups is 1. The van der Waals surface area contributed by atoms with Gasteiger partial charge >= 0.3 is 5.97 Å². The van der Waals surface area contributed by atoms with Gasteiger partial charge in [-0.2, -0.15) is 0 Å². The summed E-state index contributed by atoms with van der Waals surface area (Å²) >= 11 is 0. The average Bonchev–Trinajstić information content (AvgIpc) is 2.33. The molecule has 1 N–H and O–H groups in total. The zero-order chi connectivity index (χ0) is 14.8. The van der Waals surface area contributed by atoms with Crippen LogP contribution >= 0.6 is 0 Å². The molecule has 0 bridgehead atoms. The van der Waals surface area contributed by atoms with Crippen LogP contribution in [0.1, 0.15) is 24.8 Å².